The van der Waals surface area contributed by atoms with E-state index in [2.05, 4.69) is 26.0 Å². The van der Waals surface area contributed by atoms with E-state index in [0.717, 1.165) is 0 Å². The van der Waals surface area contributed by atoms with Crippen LogP contribution < -0.4 is 16.4 Å². The zero-order chi connectivity index (χ0) is 23.5. The van der Waals surface area contributed by atoms with E-state index in [1.165, 1.54) is 28.4 Å². The molecule has 14 heteroatoms. The number of aromatic amines is 1. The summed E-state index contributed by atoms with van der Waals surface area (Å²) < 4.78 is 0. The molecule has 3 atom stereocenters. The molecule has 1 fully saturated rings. The predicted molar refractivity (Wildman–Crippen MR) is 120 cm³/mol. The van der Waals surface area contributed by atoms with Crippen LogP contribution in [0.2, 0.25) is 0 Å². The molecule has 1 saturated heterocycles. The van der Waals surface area contributed by atoms with Crippen molar-refractivity contribution in [2.45, 2.75) is 22.5 Å². The first-order valence-corrected chi connectivity index (χ1v) is 11.7. The highest BCUT2D eigenvalue weighted by Gasteiger charge is 2.54. The summed E-state index contributed by atoms with van der Waals surface area (Å²) in [5.41, 5.74) is 7.62. The molecule has 0 radical (unpaired) electrons. The minimum absolute atomic E-state index is 0.0622. The maximum absolute atomic E-state index is 12.8. The van der Waals surface area contributed by atoms with Crippen molar-refractivity contribution in [2.75, 3.05) is 16.8 Å². The Morgan fingerprint density at radius 1 is 1.39 bits per heavy atom. The van der Waals surface area contributed by atoms with Crippen molar-refractivity contribution in [3.8, 4) is 0 Å². The minimum atomic E-state index is -1.20. The molecule has 2 aliphatic rings. The van der Waals surface area contributed by atoms with E-state index in [1.54, 1.807) is 30.5 Å². The lowest BCUT2D eigenvalue weighted by atomic mass is 10.0. The van der Waals surface area contributed by atoms with Crippen molar-refractivity contribution in [2.24, 2.45) is 5.73 Å². The summed E-state index contributed by atoms with van der Waals surface area (Å²) >= 11 is 2.69. The van der Waals surface area contributed by atoms with Gasteiger partial charge in [0.15, 0.2) is 0 Å². The first-order chi connectivity index (χ1) is 15.9. The van der Waals surface area contributed by atoms with E-state index in [4.69, 9.17) is 5.73 Å². The van der Waals surface area contributed by atoms with Crippen molar-refractivity contribution in [1.29, 1.82) is 0 Å². The average Bonchev–Trinajstić information content (AvgIpc) is 3.34. The second-order valence-electron chi connectivity index (χ2n) is 7.12. The van der Waals surface area contributed by atoms with Crippen LogP contribution in [-0.4, -0.2) is 72.5 Å². The summed E-state index contributed by atoms with van der Waals surface area (Å²) in [5, 5.41) is 25.0. The third-order valence-corrected chi connectivity index (χ3v) is 7.44. The maximum atomic E-state index is 12.8. The number of carboxylic acid groups (broad SMARTS) is 1. The van der Waals surface area contributed by atoms with Crippen LogP contribution in [0.4, 0.5) is 5.69 Å². The van der Waals surface area contributed by atoms with Gasteiger partial charge < -0.3 is 21.5 Å². The molecule has 1 aromatic carbocycles. The molecule has 0 bridgehead atoms. The molecule has 2 unspecified atom stereocenters. The smallest absolute Gasteiger partial charge is 0.352 e. The van der Waals surface area contributed by atoms with E-state index >= 15 is 0 Å². The Labute approximate surface area is 195 Å². The lowest BCUT2D eigenvalue weighted by Crippen LogP contribution is -2.71. The summed E-state index contributed by atoms with van der Waals surface area (Å²) in [5.74, 6) is -1.52. The molecule has 0 saturated carbocycles. The molecule has 4 rings (SSSR count). The Morgan fingerprint density at radius 2 is 2.15 bits per heavy atom. The number of nitrogens with one attached hydrogen (secondary N) is 3. The lowest BCUT2D eigenvalue weighted by Gasteiger charge is -2.49. The molecular weight excluding hydrogens is 470 g/mol. The van der Waals surface area contributed by atoms with Crippen LogP contribution in [0.1, 0.15) is 11.6 Å². The van der Waals surface area contributed by atoms with Crippen molar-refractivity contribution in [1.82, 2.24) is 25.6 Å². The summed E-state index contributed by atoms with van der Waals surface area (Å²) in [6.07, 6.45) is 2.14. The van der Waals surface area contributed by atoms with E-state index in [0.29, 0.717) is 39.8 Å². The van der Waals surface area contributed by atoms with Crippen LogP contribution >= 0.6 is 23.5 Å². The first-order valence-electron chi connectivity index (χ1n) is 9.66. The highest BCUT2D eigenvalue weighted by Crippen LogP contribution is 2.41. The monoisotopic (exact) mass is 489 g/mol. The number of carbonyl (C=O) groups is 4. The zero-order valence-electron chi connectivity index (χ0n) is 16.9. The van der Waals surface area contributed by atoms with Crippen LogP contribution in [0.25, 0.3) is 0 Å². The highest BCUT2D eigenvalue weighted by molar-refractivity contribution is 8.01. The number of carboxylic acids is 1. The molecule has 3 amide bonds. The number of carbonyl (C=O) groups excluding carboxylic acids is 3. The van der Waals surface area contributed by atoms with Gasteiger partial charge in [-0.05, 0) is 23.3 Å². The molecule has 2 aliphatic heterocycles. The van der Waals surface area contributed by atoms with E-state index < -0.39 is 35.2 Å². The molecule has 0 spiro atoms. The predicted octanol–water partition coefficient (Wildman–Crippen LogP) is -0.0963. The second-order valence-corrected chi connectivity index (χ2v) is 9.22. The van der Waals surface area contributed by atoms with Crippen molar-refractivity contribution < 1.29 is 24.3 Å². The van der Waals surface area contributed by atoms with Gasteiger partial charge in [-0.25, -0.2) is 4.79 Å². The maximum Gasteiger partial charge on any atom is 0.352 e. The van der Waals surface area contributed by atoms with Crippen LogP contribution in [0.5, 0.6) is 0 Å². The van der Waals surface area contributed by atoms with E-state index in [9.17, 15) is 24.3 Å². The Balaban J connectivity index is 1.42. The summed E-state index contributed by atoms with van der Waals surface area (Å²) in [6.45, 7) is 0. The molecule has 0 aliphatic carbocycles. The van der Waals surface area contributed by atoms with Crippen LogP contribution in [0.3, 0.4) is 0 Å². The van der Waals surface area contributed by atoms with Crippen LogP contribution in [-0.2, 0) is 19.2 Å². The van der Waals surface area contributed by atoms with Gasteiger partial charge in [-0.1, -0.05) is 29.1 Å². The SMILES string of the molecule is NC(C(=O)NC1C(=O)N2C(C(=O)O)=C(CSc3c[nH]nn3)CS[C@@H]12)c1ccc(NC=O)cc1. The number of β-lactam (4-membered cyclic amide) rings is 1. The van der Waals surface area contributed by atoms with Gasteiger partial charge in [0.05, 0.1) is 6.20 Å². The number of hydrogen-bond donors (Lipinski definition) is 5. The van der Waals surface area contributed by atoms with Crippen LogP contribution in [0.15, 0.2) is 46.8 Å². The Morgan fingerprint density at radius 3 is 2.79 bits per heavy atom. The Bertz CT molecular complexity index is 1110. The van der Waals surface area contributed by atoms with Gasteiger partial charge in [0.25, 0.3) is 5.91 Å². The van der Waals surface area contributed by atoms with Gasteiger partial charge >= 0.3 is 5.97 Å². The number of rotatable bonds is 9. The number of nitrogens with zero attached hydrogens (tertiary/aromatic N) is 3. The molecule has 33 heavy (non-hydrogen) atoms. The third-order valence-electron chi connectivity index (χ3n) is 5.11. The Hall–Kier alpha value is -3.36. The van der Waals surface area contributed by atoms with Gasteiger partial charge in [-0.2, -0.15) is 0 Å². The quantitative estimate of drug-likeness (QED) is 0.181. The fourth-order valence-electron chi connectivity index (χ4n) is 3.47. The van der Waals surface area contributed by atoms with Crippen LogP contribution in [0, 0.1) is 0 Å². The third kappa shape index (κ3) is 4.58. The zero-order valence-corrected chi connectivity index (χ0v) is 18.6. The van der Waals surface area contributed by atoms with Crippen molar-refractivity contribution in [3.63, 3.8) is 0 Å². The van der Waals surface area contributed by atoms with E-state index in [1.807, 2.05) is 0 Å². The van der Waals surface area contributed by atoms with Crippen molar-refractivity contribution >= 4 is 53.4 Å². The van der Waals surface area contributed by atoms with Gasteiger partial charge in [0.1, 0.15) is 28.2 Å². The second kappa shape index (κ2) is 9.64. The first kappa shape index (κ1) is 22.8. The normalized spacial score (nSPS) is 20.5. The van der Waals surface area contributed by atoms with Gasteiger partial charge in [0, 0.05) is 17.2 Å². The van der Waals surface area contributed by atoms with E-state index in [-0.39, 0.29) is 5.70 Å². The molecule has 1 aromatic heterocycles. The molecule has 12 nitrogen and oxygen atoms in total. The molecule has 6 N–H and O–H groups in total. The summed E-state index contributed by atoms with van der Waals surface area (Å²) in [6, 6.07) is 4.51. The molecular formula is C19H19N7O5S2. The number of aliphatic carboxylic acids is 1. The summed E-state index contributed by atoms with van der Waals surface area (Å²) in [7, 11) is 0. The fraction of sp³-hybridized carbons (Fsp3) is 0.263. The number of hydrogen-bond acceptors (Lipinski definition) is 9. The van der Waals surface area contributed by atoms with Gasteiger partial charge in [-0.3, -0.25) is 24.4 Å². The number of benzene rings is 1. The number of H-pyrrole nitrogens is 1. The molecule has 3 heterocycles. The number of amides is 3. The Kier molecular flexibility index (Phi) is 6.67. The number of aromatic nitrogens is 3. The fourth-order valence-corrected chi connectivity index (χ4v) is 5.74. The molecule has 172 valence electrons. The number of nitrogens with two attached hydrogens (primary N) is 1. The highest BCUT2D eigenvalue weighted by atomic mass is 32.2. The summed E-state index contributed by atoms with van der Waals surface area (Å²) in [4.78, 5) is 49.1. The number of anilines is 1. The lowest BCUT2D eigenvalue weighted by molar-refractivity contribution is -0.150. The number of fused-ring (bicyclic) bond motifs is 1. The topological polar surface area (TPSA) is 183 Å². The largest absolute Gasteiger partial charge is 0.477 e. The standard InChI is InChI=1S/C19H19N7O5S2/c20-13(9-1-3-11(4-2-9)21-8-27)16(28)23-14-17(29)26-15(19(30)31)10(7-33-18(14)26)6-32-12-5-22-25-24-12/h1-5,8,13-14,18H,6-7,20H2,(H,21,27)(H,23,28)(H,30,31)(H,22,24,25)/t13?,14?,18-/m0/s1. The number of thioether (sulfide) groups is 2. The van der Waals surface area contributed by atoms with Gasteiger partial charge in [-0.15, -0.1) is 16.9 Å². The minimum Gasteiger partial charge on any atom is -0.477 e. The average molecular weight is 490 g/mol. The van der Waals surface area contributed by atoms with Gasteiger partial charge in [0.2, 0.25) is 12.3 Å². The molecule has 2 aromatic rings. The van der Waals surface area contributed by atoms with Crippen molar-refractivity contribution in [3.05, 3.63) is 47.3 Å².